The van der Waals surface area contributed by atoms with Gasteiger partial charge >= 0.3 is 0 Å². The zero-order chi connectivity index (χ0) is 18.6. The molecule has 5 nitrogen and oxygen atoms in total. The molecule has 0 atom stereocenters. The third-order valence-electron chi connectivity index (χ3n) is 4.33. The van der Waals surface area contributed by atoms with Crippen molar-refractivity contribution in [2.24, 2.45) is 0 Å². The van der Waals surface area contributed by atoms with Crippen molar-refractivity contribution in [1.29, 1.82) is 0 Å². The number of anilines is 1. The molecule has 1 aliphatic rings. The summed E-state index contributed by atoms with van der Waals surface area (Å²) in [4.78, 5) is 13.3. The van der Waals surface area contributed by atoms with Crippen LogP contribution in [0.5, 0.6) is 0 Å². The molecular weight excluding hydrogens is 368 g/mol. The zero-order valence-electron chi connectivity index (χ0n) is 14.6. The summed E-state index contributed by atoms with van der Waals surface area (Å²) in [5.74, 6) is -0.288. The minimum absolute atomic E-state index is 0.263. The minimum Gasteiger partial charge on any atom is -0.322 e. The van der Waals surface area contributed by atoms with Crippen LogP contribution in [0.2, 0.25) is 0 Å². The molecule has 26 heavy (non-hydrogen) atoms. The Morgan fingerprint density at radius 1 is 1.19 bits per heavy atom. The highest BCUT2D eigenvalue weighted by molar-refractivity contribution is 7.89. The molecule has 1 aromatic heterocycles. The molecule has 0 radical (unpaired) electrons. The van der Waals surface area contributed by atoms with Crippen LogP contribution in [-0.2, 0) is 14.8 Å². The van der Waals surface area contributed by atoms with Crippen LogP contribution >= 0.6 is 11.3 Å². The first-order chi connectivity index (χ1) is 12.5. The molecule has 1 saturated heterocycles. The molecule has 0 saturated carbocycles. The Morgan fingerprint density at radius 2 is 1.96 bits per heavy atom. The summed E-state index contributed by atoms with van der Waals surface area (Å²) in [6, 6.07) is 8.84. The smallest absolute Gasteiger partial charge is 0.248 e. The van der Waals surface area contributed by atoms with Crippen LogP contribution in [0.4, 0.5) is 5.69 Å². The normalized spacial score (nSPS) is 16.0. The van der Waals surface area contributed by atoms with E-state index in [4.69, 9.17) is 0 Å². The van der Waals surface area contributed by atoms with Gasteiger partial charge in [-0.1, -0.05) is 18.6 Å². The molecule has 1 N–H and O–H groups in total. The van der Waals surface area contributed by atoms with Crippen molar-refractivity contribution in [2.45, 2.75) is 31.1 Å². The molecule has 1 fully saturated rings. The van der Waals surface area contributed by atoms with Gasteiger partial charge < -0.3 is 5.32 Å². The molecule has 1 amide bonds. The molecule has 1 aliphatic heterocycles. The molecule has 138 valence electrons. The summed E-state index contributed by atoms with van der Waals surface area (Å²) in [7, 11) is -3.53. The Bertz CT molecular complexity index is 897. The van der Waals surface area contributed by atoms with Crippen LogP contribution in [0.3, 0.4) is 0 Å². The quantitative estimate of drug-likeness (QED) is 0.788. The number of amides is 1. The maximum atomic E-state index is 12.9. The standard InChI is InChI=1S/C19H22N2O3S2/c1-15-7-8-16(20-19(22)10-9-17-6-5-13-25-17)14-18(15)26(23,24)21-11-3-2-4-12-21/h5-10,13-14H,2-4,11-12H2,1H3,(H,20,22). The van der Waals surface area contributed by atoms with Gasteiger partial charge in [0.15, 0.2) is 0 Å². The van der Waals surface area contributed by atoms with Gasteiger partial charge in [-0.3, -0.25) is 4.79 Å². The highest BCUT2D eigenvalue weighted by atomic mass is 32.2. The molecule has 0 aliphatic carbocycles. The molecule has 1 aromatic carbocycles. The molecule has 0 spiro atoms. The van der Waals surface area contributed by atoms with E-state index in [1.54, 1.807) is 46.8 Å². The van der Waals surface area contributed by atoms with E-state index in [-0.39, 0.29) is 10.8 Å². The second kappa shape index (κ2) is 8.16. The van der Waals surface area contributed by atoms with Gasteiger partial charge in [0.25, 0.3) is 0 Å². The average molecular weight is 391 g/mol. The number of nitrogens with one attached hydrogen (secondary N) is 1. The summed E-state index contributed by atoms with van der Waals surface area (Å²) >= 11 is 1.54. The van der Waals surface area contributed by atoms with Gasteiger partial charge in [-0.15, -0.1) is 11.3 Å². The van der Waals surface area contributed by atoms with Crippen molar-refractivity contribution >= 4 is 39.0 Å². The number of carbonyl (C=O) groups is 1. The van der Waals surface area contributed by atoms with Gasteiger partial charge in [0.1, 0.15) is 0 Å². The molecule has 3 rings (SSSR count). The highest BCUT2D eigenvalue weighted by Crippen LogP contribution is 2.26. The van der Waals surface area contributed by atoms with Crippen LogP contribution in [0.15, 0.2) is 46.7 Å². The van der Waals surface area contributed by atoms with Crippen LogP contribution in [-0.4, -0.2) is 31.7 Å². The second-order valence-electron chi connectivity index (χ2n) is 6.28. The van der Waals surface area contributed by atoms with Crippen LogP contribution in [0.25, 0.3) is 6.08 Å². The fourth-order valence-corrected chi connectivity index (χ4v) is 5.31. The molecular formula is C19H22N2O3S2. The van der Waals surface area contributed by atoms with Crippen LogP contribution < -0.4 is 5.32 Å². The zero-order valence-corrected chi connectivity index (χ0v) is 16.3. The predicted octanol–water partition coefficient (Wildman–Crippen LogP) is 3.88. The summed E-state index contributed by atoms with van der Waals surface area (Å²) in [6.07, 6.45) is 6.03. The number of piperidine rings is 1. The Morgan fingerprint density at radius 3 is 2.65 bits per heavy atom. The number of carbonyl (C=O) groups excluding carboxylic acids is 1. The van der Waals surface area contributed by atoms with Crippen molar-refractivity contribution in [3.63, 3.8) is 0 Å². The number of hydrogen-bond donors (Lipinski definition) is 1. The highest BCUT2D eigenvalue weighted by Gasteiger charge is 2.27. The van der Waals surface area contributed by atoms with Crippen LogP contribution in [0.1, 0.15) is 29.7 Å². The van der Waals surface area contributed by atoms with Gasteiger partial charge in [-0.2, -0.15) is 4.31 Å². The van der Waals surface area contributed by atoms with E-state index in [9.17, 15) is 13.2 Å². The van der Waals surface area contributed by atoms with Crippen molar-refractivity contribution in [3.05, 3.63) is 52.2 Å². The van der Waals surface area contributed by atoms with Gasteiger partial charge in [-0.05, 0) is 55.0 Å². The summed E-state index contributed by atoms with van der Waals surface area (Å²) in [6.45, 7) is 2.89. The molecule has 0 unspecified atom stereocenters. The summed E-state index contributed by atoms with van der Waals surface area (Å²) < 4.78 is 27.4. The molecule has 2 heterocycles. The Labute approximate surface area is 158 Å². The van der Waals surface area contributed by atoms with Crippen molar-refractivity contribution in [3.8, 4) is 0 Å². The number of sulfonamides is 1. The first kappa shape index (κ1) is 18.8. The number of nitrogens with zero attached hydrogens (tertiary/aromatic N) is 1. The Hall–Kier alpha value is -1.96. The van der Waals surface area contributed by atoms with E-state index in [1.807, 2.05) is 17.5 Å². The van der Waals surface area contributed by atoms with Gasteiger partial charge in [0.05, 0.1) is 4.90 Å². The summed E-state index contributed by atoms with van der Waals surface area (Å²) in [5.41, 5.74) is 1.16. The average Bonchev–Trinajstić information content (AvgIpc) is 3.16. The Kier molecular flexibility index (Phi) is 5.90. The summed E-state index contributed by atoms with van der Waals surface area (Å²) in [5, 5.41) is 4.68. The van der Waals surface area contributed by atoms with E-state index < -0.39 is 10.0 Å². The predicted molar refractivity (Wildman–Crippen MR) is 106 cm³/mol. The lowest BCUT2D eigenvalue weighted by Gasteiger charge is -2.26. The van der Waals surface area contributed by atoms with E-state index in [0.29, 0.717) is 24.3 Å². The lowest BCUT2D eigenvalue weighted by molar-refractivity contribution is -0.111. The molecule has 0 bridgehead atoms. The number of thiophene rings is 1. The van der Waals surface area contributed by atoms with Gasteiger partial charge in [0, 0.05) is 29.7 Å². The number of rotatable bonds is 5. The number of benzene rings is 1. The first-order valence-electron chi connectivity index (χ1n) is 8.60. The van der Waals surface area contributed by atoms with Crippen molar-refractivity contribution in [1.82, 2.24) is 4.31 Å². The second-order valence-corrected chi connectivity index (χ2v) is 9.17. The molecule has 7 heteroatoms. The van der Waals surface area contributed by atoms with E-state index >= 15 is 0 Å². The van der Waals surface area contributed by atoms with E-state index in [2.05, 4.69) is 5.32 Å². The topological polar surface area (TPSA) is 66.5 Å². The lowest BCUT2D eigenvalue weighted by Crippen LogP contribution is -2.36. The largest absolute Gasteiger partial charge is 0.322 e. The van der Waals surface area contributed by atoms with Crippen molar-refractivity contribution < 1.29 is 13.2 Å². The number of aryl methyl sites for hydroxylation is 1. The third kappa shape index (κ3) is 4.41. The van der Waals surface area contributed by atoms with Crippen molar-refractivity contribution in [2.75, 3.05) is 18.4 Å². The monoisotopic (exact) mass is 390 g/mol. The van der Waals surface area contributed by atoms with Gasteiger partial charge in [0.2, 0.25) is 15.9 Å². The maximum absolute atomic E-state index is 12.9. The van der Waals surface area contributed by atoms with E-state index in [1.165, 1.54) is 6.08 Å². The molecule has 2 aromatic rings. The first-order valence-corrected chi connectivity index (χ1v) is 10.9. The van der Waals surface area contributed by atoms with E-state index in [0.717, 1.165) is 24.1 Å². The number of hydrogen-bond acceptors (Lipinski definition) is 4. The maximum Gasteiger partial charge on any atom is 0.248 e. The van der Waals surface area contributed by atoms with Gasteiger partial charge in [-0.25, -0.2) is 8.42 Å². The Balaban J connectivity index is 1.78. The minimum atomic E-state index is -3.53. The SMILES string of the molecule is Cc1ccc(NC(=O)C=Cc2cccs2)cc1S(=O)(=O)N1CCCCC1. The lowest BCUT2D eigenvalue weighted by atomic mass is 10.2. The van der Waals surface area contributed by atoms with Crippen LogP contribution in [0, 0.1) is 6.92 Å². The fraction of sp³-hybridized carbons (Fsp3) is 0.316. The third-order valence-corrected chi connectivity index (χ3v) is 7.21. The fourth-order valence-electron chi connectivity index (χ4n) is 2.93.